The molecule has 18 heavy (non-hydrogen) atoms. The largest absolute Gasteiger partial charge is 1.00 e. The van der Waals surface area contributed by atoms with Crippen molar-refractivity contribution in [1.82, 2.24) is 5.32 Å². The van der Waals surface area contributed by atoms with Gasteiger partial charge in [0.1, 0.15) is 0 Å². The van der Waals surface area contributed by atoms with Crippen LogP contribution < -0.4 is 40.6 Å². The van der Waals surface area contributed by atoms with Crippen LogP contribution in [0.15, 0.2) is 35.2 Å². The summed E-state index contributed by atoms with van der Waals surface area (Å²) in [7, 11) is 0. The average molecular weight is 278 g/mol. The van der Waals surface area contributed by atoms with Crippen LogP contribution in [0.2, 0.25) is 0 Å². The molecule has 0 aliphatic rings. The molecule has 0 aliphatic carbocycles. The van der Waals surface area contributed by atoms with E-state index in [4.69, 9.17) is 5.73 Å². The van der Waals surface area contributed by atoms with E-state index in [-0.39, 0.29) is 37.4 Å². The molecule has 0 fully saturated rings. The summed E-state index contributed by atoms with van der Waals surface area (Å²) in [6, 6.07) is 8.14. The molecule has 0 bridgehead atoms. The van der Waals surface area contributed by atoms with Gasteiger partial charge in [0.15, 0.2) is 4.87 Å². The van der Waals surface area contributed by atoms with E-state index in [1.807, 2.05) is 6.07 Å². The zero-order chi connectivity index (χ0) is 12.9. The van der Waals surface area contributed by atoms with E-state index in [0.717, 1.165) is 16.7 Å². The van der Waals surface area contributed by atoms with Crippen LogP contribution in [0.4, 0.5) is 4.79 Å². The third kappa shape index (κ3) is 4.53. The maximum Gasteiger partial charge on any atom is 1.00 e. The maximum absolute atomic E-state index is 11.3. The van der Waals surface area contributed by atoms with Gasteiger partial charge in [0.2, 0.25) is 0 Å². The Morgan fingerprint density at radius 1 is 1.44 bits per heavy atom. The van der Waals surface area contributed by atoms with Crippen molar-refractivity contribution in [3.8, 4) is 0 Å². The number of urea groups is 1. The number of primary amides is 1. The van der Waals surface area contributed by atoms with Gasteiger partial charge in [-0.05, 0) is 18.6 Å². The van der Waals surface area contributed by atoms with E-state index in [9.17, 15) is 14.7 Å². The summed E-state index contributed by atoms with van der Waals surface area (Å²) in [6.45, 7) is 1.68. The average Bonchev–Trinajstić information content (AvgIpc) is 2.28. The van der Waals surface area contributed by atoms with Crippen LogP contribution in [0.1, 0.15) is 14.8 Å². The molecule has 1 aromatic rings. The molecule has 94 valence electrons. The standard InChI is InChI=1S/C11H14N2O3S.Na.H/c1-2-11(9(14)15,13-10(12)16)17-8-6-4-3-5-7-8;;/h3-7H,2H2,1H3,(H,14,15)(H3,12,13,16);;/q;+1;-1. The number of carbonyl (C=O) groups is 2. The third-order valence-electron chi connectivity index (χ3n) is 2.20. The molecule has 0 spiro atoms. The van der Waals surface area contributed by atoms with Crippen molar-refractivity contribution < 1.29 is 45.7 Å². The molecule has 0 saturated heterocycles. The number of benzene rings is 1. The molecule has 1 atom stereocenters. The molecule has 4 N–H and O–H groups in total. The van der Waals surface area contributed by atoms with Crippen LogP contribution in [-0.4, -0.2) is 22.0 Å². The number of carboxylic acids is 1. The molecule has 0 aromatic heterocycles. The number of hydrogen-bond acceptors (Lipinski definition) is 3. The minimum absolute atomic E-state index is 0. The minimum atomic E-state index is -1.42. The molecule has 0 radical (unpaired) electrons. The number of rotatable bonds is 5. The van der Waals surface area contributed by atoms with Gasteiger partial charge in [0, 0.05) is 4.90 Å². The second-order valence-corrected chi connectivity index (χ2v) is 4.76. The number of carbonyl (C=O) groups excluding carboxylic acids is 1. The Morgan fingerprint density at radius 2 is 2.00 bits per heavy atom. The molecule has 7 heteroatoms. The smallest absolute Gasteiger partial charge is 1.00 e. The molecule has 0 aliphatic heterocycles. The molecule has 0 saturated carbocycles. The quantitative estimate of drug-likeness (QED) is 0.357. The Labute approximate surface area is 133 Å². The van der Waals surface area contributed by atoms with Crippen LogP contribution in [-0.2, 0) is 4.79 Å². The van der Waals surface area contributed by atoms with Crippen LogP contribution in [0, 0.1) is 0 Å². The molecule has 2 amide bonds. The summed E-state index contributed by atoms with van der Waals surface area (Å²) in [6.07, 6.45) is 0.227. The third-order valence-corrected chi connectivity index (χ3v) is 3.63. The van der Waals surface area contributed by atoms with Crippen molar-refractivity contribution in [3.63, 3.8) is 0 Å². The molecule has 0 heterocycles. The molecular weight excluding hydrogens is 263 g/mol. The summed E-state index contributed by atoms with van der Waals surface area (Å²) < 4.78 is 0. The summed E-state index contributed by atoms with van der Waals surface area (Å²) in [5.41, 5.74) is 5.02. The number of nitrogens with one attached hydrogen (secondary N) is 1. The van der Waals surface area contributed by atoms with Gasteiger partial charge in [-0.25, -0.2) is 9.59 Å². The van der Waals surface area contributed by atoms with Crippen molar-refractivity contribution >= 4 is 23.8 Å². The minimum Gasteiger partial charge on any atom is -1.00 e. The Bertz CT molecular complexity index is 422. The van der Waals surface area contributed by atoms with Gasteiger partial charge in [-0.2, -0.15) is 0 Å². The van der Waals surface area contributed by atoms with E-state index < -0.39 is 16.9 Å². The van der Waals surface area contributed by atoms with Crippen LogP contribution in [0.3, 0.4) is 0 Å². The van der Waals surface area contributed by atoms with Gasteiger partial charge in [-0.3, -0.25) is 0 Å². The summed E-state index contributed by atoms with van der Waals surface area (Å²) in [5, 5.41) is 11.5. The van der Waals surface area contributed by atoms with Gasteiger partial charge in [-0.15, -0.1) is 0 Å². The van der Waals surface area contributed by atoms with Crippen LogP contribution in [0.25, 0.3) is 0 Å². The van der Waals surface area contributed by atoms with Gasteiger partial charge in [0.25, 0.3) is 0 Å². The number of hydrogen-bond donors (Lipinski definition) is 3. The number of thioether (sulfide) groups is 1. The van der Waals surface area contributed by atoms with Crippen molar-refractivity contribution in [3.05, 3.63) is 30.3 Å². The Kier molecular flexibility index (Phi) is 7.39. The predicted molar refractivity (Wildman–Crippen MR) is 66.8 cm³/mol. The second kappa shape index (κ2) is 7.68. The number of nitrogens with two attached hydrogens (primary N) is 1. The topological polar surface area (TPSA) is 92.4 Å². The van der Waals surface area contributed by atoms with Crippen molar-refractivity contribution in [2.24, 2.45) is 5.73 Å². The molecule has 1 rings (SSSR count). The van der Waals surface area contributed by atoms with Crippen LogP contribution in [0.5, 0.6) is 0 Å². The Balaban J connectivity index is 0. The first-order valence-corrected chi connectivity index (χ1v) is 5.87. The van der Waals surface area contributed by atoms with E-state index in [0.29, 0.717) is 0 Å². The SMILES string of the molecule is CCC(NC(N)=O)(Sc1ccccc1)C(=O)O.[H-].[Na+]. The first-order chi connectivity index (χ1) is 8.00. The fourth-order valence-corrected chi connectivity index (χ4v) is 2.40. The first-order valence-electron chi connectivity index (χ1n) is 5.05. The van der Waals surface area contributed by atoms with E-state index in [1.54, 1.807) is 31.2 Å². The van der Waals surface area contributed by atoms with Crippen molar-refractivity contribution in [2.75, 3.05) is 0 Å². The van der Waals surface area contributed by atoms with Gasteiger partial charge >= 0.3 is 41.6 Å². The summed E-state index contributed by atoms with van der Waals surface area (Å²) >= 11 is 1.06. The fraction of sp³-hybridized carbons (Fsp3) is 0.273. The number of amides is 2. The number of aliphatic carboxylic acids is 1. The van der Waals surface area contributed by atoms with Gasteiger partial charge in [0.05, 0.1) is 0 Å². The molecule has 1 aromatic carbocycles. The maximum atomic E-state index is 11.3. The van der Waals surface area contributed by atoms with Crippen molar-refractivity contribution in [1.29, 1.82) is 0 Å². The fourth-order valence-electron chi connectivity index (χ4n) is 1.32. The van der Waals surface area contributed by atoms with Crippen molar-refractivity contribution in [2.45, 2.75) is 23.1 Å². The van der Waals surface area contributed by atoms with Crippen LogP contribution >= 0.6 is 11.8 Å². The normalized spacial score (nSPS) is 12.9. The van der Waals surface area contributed by atoms with E-state index in [2.05, 4.69) is 5.32 Å². The van der Waals surface area contributed by atoms with Gasteiger partial charge in [-0.1, -0.05) is 36.9 Å². The monoisotopic (exact) mass is 278 g/mol. The second-order valence-electron chi connectivity index (χ2n) is 3.39. The summed E-state index contributed by atoms with van der Waals surface area (Å²) in [5.74, 6) is -1.12. The van der Waals surface area contributed by atoms with E-state index >= 15 is 0 Å². The predicted octanol–water partition coefficient (Wildman–Crippen LogP) is -1.25. The number of carboxylic acid groups (broad SMARTS) is 1. The summed E-state index contributed by atoms with van der Waals surface area (Å²) in [4.78, 5) is 21.5. The Hall–Kier alpha value is -0.690. The molecule has 5 nitrogen and oxygen atoms in total. The van der Waals surface area contributed by atoms with E-state index in [1.165, 1.54) is 0 Å². The van der Waals surface area contributed by atoms with Gasteiger partial charge < -0.3 is 17.6 Å². The first kappa shape index (κ1) is 17.3. The zero-order valence-corrected chi connectivity index (χ0v) is 13.2. The molecular formula is C11H15N2NaO3S. The molecule has 1 unspecified atom stereocenters. The Morgan fingerprint density at radius 3 is 2.39 bits per heavy atom. The zero-order valence-electron chi connectivity index (χ0n) is 11.3.